The van der Waals surface area contributed by atoms with Crippen molar-refractivity contribution in [1.82, 2.24) is 9.88 Å². The normalized spacial score (nSPS) is 15.0. The van der Waals surface area contributed by atoms with Crippen molar-refractivity contribution in [2.45, 2.75) is 4.90 Å². The molecule has 8 heteroatoms. The Labute approximate surface area is 183 Å². The number of amides is 1. The van der Waals surface area contributed by atoms with Gasteiger partial charge in [0.25, 0.3) is 5.91 Å². The predicted octanol–water partition coefficient (Wildman–Crippen LogP) is 4.65. The molecule has 0 atom stereocenters. The second-order valence-corrected chi connectivity index (χ2v) is 9.07. The summed E-state index contributed by atoms with van der Waals surface area (Å²) < 4.78 is 6.52. The summed E-state index contributed by atoms with van der Waals surface area (Å²) in [5.41, 5.74) is 1.53. The van der Waals surface area contributed by atoms with E-state index in [0.717, 1.165) is 48.2 Å². The van der Waals surface area contributed by atoms with Gasteiger partial charge in [-0.25, -0.2) is 4.98 Å². The van der Waals surface area contributed by atoms with Crippen molar-refractivity contribution in [3.63, 3.8) is 0 Å². The van der Waals surface area contributed by atoms with Crippen LogP contribution in [0.4, 0.5) is 5.13 Å². The molecule has 1 aliphatic rings. The summed E-state index contributed by atoms with van der Waals surface area (Å²) in [5, 5.41) is 1.34. The van der Waals surface area contributed by atoms with Gasteiger partial charge in [-0.2, -0.15) is 0 Å². The van der Waals surface area contributed by atoms with Gasteiger partial charge in [-0.3, -0.25) is 14.6 Å². The Hall–Kier alpha value is -1.64. The van der Waals surface area contributed by atoms with Crippen LogP contribution in [-0.4, -0.2) is 61.4 Å². The van der Waals surface area contributed by atoms with Crippen LogP contribution in [0.2, 0.25) is 5.02 Å². The van der Waals surface area contributed by atoms with Gasteiger partial charge in [0.2, 0.25) is 0 Å². The maximum absolute atomic E-state index is 13.3. The van der Waals surface area contributed by atoms with Gasteiger partial charge in [-0.15, -0.1) is 11.8 Å². The van der Waals surface area contributed by atoms with E-state index >= 15 is 0 Å². The van der Waals surface area contributed by atoms with Gasteiger partial charge in [0.15, 0.2) is 5.13 Å². The van der Waals surface area contributed by atoms with Crippen LogP contribution in [0.3, 0.4) is 0 Å². The van der Waals surface area contributed by atoms with Gasteiger partial charge in [-0.05, 0) is 48.7 Å². The molecule has 152 valence electrons. The van der Waals surface area contributed by atoms with E-state index < -0.39 is 0 Å². The molecule has 3 aromatic rings. The standard InChI is InChI=1S/C21H22ClN3O2S2/c1-28-17-6-7-18-19(14-17)29-21(23-18)25(9-8-24-10-12-27-13-11-24)20(26)15-2-4-16(22)5-3-15/h2-7,14H,8-13H2,1H3. The monoisotopic (exact) mass is 447 g/mol. The molecule has 0 radical (unpaired) electrons. The van der Waals surface area contributed by atoms with Crippen molar-refractivity contribution in [3.8, 4) is 0 Å². The Bertz CT molecular complexity index is 987. The summed E-state index contributed by atoms with van der Waals surface area (Å²) in [6.07, 6.45) is 2.06. The summed E-state index contributed by atoms with van der Waals surface area (Å²) in [7, 11) is 0. The molecule has 0 bridgehead atoms. The molecule has 2 heterocycles. The summed E-state index contributed by atoms with van der Waals surface area (Å²) in [4.78, 5) is 23.4. The summed E-state index contributed by atoms with van der Waals surface area (Å²) in [6.45, 7) is 4.62. The number of rotatable bonds is 6. The van der Waals surface area contributed by atoms with E-state index in [1.54, 1.807) is 52.3 Å². The molecule has 1 fully saturated rings. The lowest BCUT2D eigenvalue weighted by Gasteiger charge is -2.29. The molecular formula is C21H22ClN3O2S2. The number of thioether (sulfide) groups is 1. The maximum Gasteiger partial charge on any atom is 0.260 e. The quantitative estimate of drug-likeness (QED) is 0.514. The van der Waals surface area contributed by atoms with E-state index in [-0.39, 0.29) is 5.91 Å². The lowest BCUT2D eigenvalue weighted by atomic mass is 10.2. The molecule has 1 saturated heterocycles. The van der Waals surface area contributed by atoms with Crippen LogP contribution in [0, 0.1) is 0 Å². The highest BCUT2D eigenvalue weighted by molar-refractivity contribution is 7.98. The van der Waals surface area contributed by atoms with Crippen molar-refractivity contribution < 1.29 is 9.53 Å². The topological polar surface area (TPSA) is 45.7 Å². The highest BCUT2D eigenvalue weighted by Crippen LogP contribution is 2.32. The van der Waals surface area contributed by atoms with Crippen molar-refractivity contribution in [3.05, 3.63) is 53.1 Å². The zero-order valence-electron chi connectivity index (χ0n) is 16.1. The van der Waals surface area contributed by atoms with Crippen molar-refractivity contribution in [1.29, 1.82) is 0 Å². The number of halogens is 1. The number of hydrogen-bond donors (Lipinski definition) is 0. The van der Waals surface area contributed by atoms with E-state index in [1.807, 2.05) is 6.07 Å². The first kappa shape index (κ1) is 20.6. The number of nitrogens with zero attached hydrogens (tertiary/aromatic N) is 3. The molecule has 1 aromatic heterocycles. The molecule has 0 saturated carbocycles. The van der Waals surface area contributed by atoms with Crippen LogP contribution >= 0.6 is 34.7 Å². The second kappa shape index (κ2) is 9.45. The Morgan fingerprint density at radius 2 is 2.00 bits per heavy atom. The fraction of sp³-hybridized carbons (Fsp3) is 0.333. The minimum atomic E-state index is -0.0564. The average Bonchev–Trinajstić information content (AvgIpc) is 3.17. The molecule has 1 amide bonds. The van der Waals surface area contributed by atoms with E-state index in [9.17, 15) is 4.79 Å². The fourth-order valence-electron chi connectivity index (χ4n) is 3.23. The lowest BCUT2D eigenvalue weighted by molar-refractivity contribution is 0.0391. The van der Waals surface area contributed by atoms with Crippen LogP contribution in [0.5, 0.6) is 0 Å². The fourth-order valence-corrected chi connectivity index (χ4v) is 4.90. The number of carbonyl (C=O) groups excluding carboxylic acids is 1. The second-order valence-electron chi connectivity index (χ2n) is 6.75. The largest absolute Gasteiger partial charge is 0.379 e. The highest BCUT2D eigenvalue weighted by atomic mass is 35.5. The van der Waals surface area contributed by atoms with E-state index in [0.29, 0.717) is 17.1 Å². The van der Waals surface area contributed by atoms with Crippen LogP contribution in [-0.2, 0) is 4.74 Å². The van der Waals surface area contributed by atoms with E-state index in [1.165, 1.54) is 4.90 Å². The number of ether oxygens (including phenoxy) is 1. The number of carbonyl (C=O) groups is 1. The van der Waals surface area contributed by atoms with Crippen LogP contribution < -0.4 is 4.90 Å². The van der Waals surface area contributed by atoms with Crippen molar-refractivity contribution in [2.24, 2.45) is 0 Å². The number of thiazole rings is 1. The number of anilines is 1. The van der Waals surface area contributed by atoms with Gasteiger partial charge in [0, 0.05) is 41.7 Å². The number of morpholine rings is 1. The first-order valence-electron chi connectivity index (χ1n) is 9.46. The van der Waals surface area contributed by atoms with Crippen molar-refractivity contribution in [2.75, 3.05) is 50.5 Å². The Balaban J connectivity index is 1.63. The lowest BCUT2D eigenvalue weighted by Crippen LogP contribution is -2.43. The highest BCUT2D eigenvalue weighted by Gasteiger charge is 2.23. The van der Waals surface area contributed by atoms with Crippen LogP contribution in [0.1, 0.15) is 10.4 Å². The third kappa shape index (κ3) is 4.92. The first-order chi connectivity index (χ1) is 14.1. The zero-order valence-corrected chi connectivity index (χ0v) is 18.5. The van der Waals surface area contributed by atoms with Gasteiger partial charge < -0.3 is 4.74 Å². The van der Waals surface area contributed by atoms with Gasteiger partial charge >= 0.3 is 0 Å². The molecule has 5 nitrogen and oxygen atoms in total. The van der Waals surface area contributed by atoms with Gasteiger partial charge in [-0.1, -0.05) is 22.9 Å². The first-order valence-corrected chi connectivity index (χ1v) is 11.9. The van der Waals surface area contributed by atoms with Crippen LogP contribution in [0.25, 0.3) is 10.2 Å². The zero-order chi connectivity index (χ0) is 20.2. The Morgan fingerprint density at radius 3 is 2.72 bits per heavy atom. The average molecular weight is 448 g/mol. The van der Waals surface area contributed by atoms with Gasteiger partial charge in [0.05, 0.1) is 23.4 Å². The third-order valence-corrected chi connectivity index (χ3v) is 6.91. The van der Waals surface area contributed by atoms with Crippen molar-refractivity contribution >= 4 is 56.0 Å². The minimum absolute atomic E-state index is 0.0564. The number of benzene rings is 2. The van der Waals surface area contributed by atoms with E-state index in [2.05, 4.69) is 23.3 Å². The molecular weight excluding hydrogens is 426 g/mol. The van der Waals surface area contributed by atoms with Gasteiger partial charge in [0.1, 0.15) is 0 Å². The number of hydrogen-bond acceptors (Lipinski definition) is 6. The minimum Gasteiger partial charge on any atom is -0.379 e. The number of fused-ring (bicyclic) bond motifs is 1. The molecule has 0 aliphatic carbocycles. The third-order valence-electron chi connectivity index (χ3n) is 4.90. The predicted molar refractivity (Wildman–Crippen MR) is 122 cm³/mol. The summed E-state index contributed by atoms with van der Waals surface area (Å²) in [6, 6.07) is 13.3. The smallest absolute Gasteiger partial charge is 0.260 e. The van der Waals surface area contributed by atoms with E-state index in [4.69, 9.17) is 21.3 Å². The summed E-state index contributed by atoms with van der Waals surface area (Å²) in [5.74, 6) is -0.0564. The Kier molecular flexibility index (Phi) is 6.72. The molecule has 1 aliphatic heterocycles. The molecule has 29 heavy (non-hydrogen) atoms. The molecule has 0 unspecified atom stereocenters. The molecule has 4 rings (SSSR count). The maximum atomic E-state index is 13.3. The van der Waals surface area contributed by atoms with Crippen LogP contribution in [0.15, 0.2) is 47.4 Å². The number of aromatic nitrogens is 1. The summed E-state index contributed by atoms with van der Waals surface area (Å²) >= 11 is 9.26. The molecule has 0 spiro atoms. The molecule has 0 N–H and O–H groups in total. The molecule has 2 aromatic carbocycles. The SMILES string of the molecule is CSc1ccc2nc(N(CCN3CCOCC3)C(=O)c3ccc(Cl)cc3)sc2c1. The Morgan fingerprint density at radius 1 is 1.24 bits per heavy atom.